The second-order valence-corrected chi connectivity index (χ2v) is 6.42. The minimum atomic E-state index is -4.48. The van der Waals surface area contributed by atoms with Crippen molar-refractivity contribution in [2.24, 2.45) is 5.73 Å². The van der Waals surface area contributed by atoms with Gasteiger partial charge in [0, 0.05) is 0 Å². The molecule has 10 heteroatoms. The molecule has 1 rings (SSSR count). The Bertz CT molecular complexity index is 606. The molecule has 1 aromatic carbocycles. The molecule has 0 spiro atoms. The highest BCUT2D eigenvalue weighted by atomic mass is 31.2. The van der Waals surface area contributed by atoms with Crippen molar-refractivity contribution in [3.8, 4) is 5.75 Å². The van der Waals surface area contributed by atoms with E-state index in [1.807, 2.05) is 0 Å². The molecule has 0 aliphatic rings. The van der Waals surface area contributed by atoms with Crippen LogP contribution >= 0.6 is 7.82 Å². The molecule has 0 saturated heterocycles. The molecule has 25 heavy (non-hydrogen) atoms. The highest BCUT2D eigenvalue weighted by Crippen LogP contribution is 2.45. The van der Waals surface area contributed by atoms with Crippen LogP contribution in [0.15, 0.2) is 36.9 Å². The minimum Gasteiger partial charge on any atom is -0.480 e. The van der Waals surface area contributed by atoms with Gasteiger partial charge in [-0.05, 0) is 24.1 Å². The summed E-state index contributed by atoms with van der Waals surface area (Å²) in [4.78, 5) is 20.5. The van der Waals surface area contributed by atoms with Gasteiger partial charge < -0.3 is 25.2 Å². The molecule has 0 saturated carbocycles. The smallest absolute Gasteiger partial charge is 0.480 e. The van der Waals surface area contributed by atoms with Crippen LogP contribution in [-0.4, -0.2) is 53.0 Å². The van der Waals surface area contributed by atoms with Gasteiger partial charge >= 0.3 is 13.8 Å². The van der Waals surface area contributed by atoms with Crippen LogP contribution in [0.4, 0.5) is 0 Å². The summed E-state index contributed by atoms with van der Waals surface area (Å²) in [7, 11) is -4.48. The van der Waals surface area contributed by atoms with Crippen LogP contribution in [0.25, 0.3) is 0 Å². The second-order valence-electron chi connectivity index (χ2n) is 5.09. The highest BCUT2D eigenvalue weighted by molar-refractivity contribution is 7.47. The fraction of sp³-hybridized carbons (Fsp3) is 0.400. The molecule has 140 valence electrons. The molecule has 0 amide bonds. The Morgan fingerprint density at radius 3 is 2.52 bits per heavy atom. The van der Waals surface area contributed by atoms with Crippen LogP contribution in [0.5, 0.6) is 5.75 Å². The number of hydrogen-bond donors (Lipinski definition) is 4. The van der Waals surface area contributed by atoms with E-state index in [0.717, 1.165) is 0 Å². The lowest BCUT2D eigenvalue weighted by molar-refractivity contribution is -0.138. The number of nitrogens with two attached hydrogens (primary N) is 1. The number of carboxylic acids is 1. The highest BCUT2D eigenvalue weighted by Gasteiger charge is 2.28. The van der Waals surface area contributed by atoms with Gasteiger partial charge in [-0.3, -0.25) is 14.2 Å². The Balaban J connectivity index is 2.61. The molecule has 0 fully saturated rings. The molecule has 1 unspecified atom stereocenters. The van der Waals surface area contributed by atoms with Gasteiger partial charge in [0.25, 0.3) is 0 Å². The first kappa shape index (κ1) is 21.3. The number of benzene rings is 1. The first-order chi connectivity index (χ1) is 11.8. The predicted octanol–water partition coefficient (Wildman–Crippen LogP) is 0.700. The maximum absolute atomic E-state index is 12.0. The Kier molecular flexibility index (Phi) is 8.77. The summed E-state index contributed by atoms with van der Waals surface area (Å²) < 4.78 is 26.8. The van der Waals surface area contributed by atoms with Gasteiger partial charge in [-0.25, -0.2) is 4.57 Å². The van der Waals surface area contributed by atoms with Gasteiger partial charge in [0.15, 0.2) is 0 Å². The molecular formula is C15H22NO8P. The summed E-state index contributed by atoms with van der Waals surface area (Å²) in [6.07, 6.45) is 0.556. The van der Waals surface area contributed by atoms with Crippen LogP contribution in [0.1, 0.15) is 5.56 Å². The molecule has 0 aliphatic carbocycles. The summed E-state index contributed by atoms with van der Waals surface area (Å²) in [5.41, 5.74) is 6.06. The van der Waals surface area contributed by atoms with Crippen molar-refractivity contribution in [3.63, 3.8) is 0 Å². The lowest BCUT2D eigenvalue weighted by atomic mass is 10.1. The normalized spacial score (nSPS) is 15.8. The Morgan fingerprint density at radius 1 is 1.36 bits per heavy atom. The van der Waals surface area contributed by atoms with E-state index in [4.69, 9.17) is 29.7 Å². The molecule has 0 bridgehead atoms. The summed E-state index contributed by atoms with van der Waals surface area (Å²) in [6.45, 7) is 3.02. The van der Waals surface area contributed by atoms with Gasteiger partial charge in [0.05, 0.1) is 19.8 Å². The number of phosphoric acid groups is 1. The average molecular weight is 375 g/mol. The third-order valence-electron chi connectivity index (χ3n) is 2.94. The lowest BCUT2D eigenvalue weighted by Crippen LogP contribution is -2.32. The molecule has 3 atom stereocenters. The van der Waals surface area contributed by atoms with E-state index in [1.165, 1.54) is 30.3 Å². The molecule has 0 aliphatic heterocycles. The van der Waals surface area contributed by atoms with Crippen LogP contribution in [0.3, 0.4) is 0 Å². The van der Waals surface area contributed by atoms with Crippen LogP contribution in [0.2, 0.25) is 0 Å². The van der Waals surface area contributed by atoms with Crippen molar-refractivity contribution in [2.75, 3.05) is 19.8 Å². The topological polar surface area (TPSA) is 149 Å². The van der Waals surface area contributed by atoms with E-state index in [9.17, 15) is 14.3 Å². The number of hydrogen-bond acceptors (Lipinski definition) is 7. The summed E-state index contributed by atoms with van der Waals surface area (Å²) in [5.74, 6) is -1.08. The number of carbonyl (C=O) groups is 1. The first-order valence-corrected chi connectivity index (χ1v) is 8.84. The van der Waals surface area contributed by atoms with E-state index in [2.05, 4.69) is 6.58 Å². The van der Waals surface area contributed by atoms with Crippen molar-refractivity contribution in [2.45, 2.75) is 18.6 Å². The van der Waals surface area contributed by atoms with Crippen LogP contribution < -0.4 is 10.3 Å². The number of aliphatic carboxylic acids is 1. The van der Waals surface area contributed by atoms with Gasteiger partial charge in [-0.1, -0.05) is 18.2 Å². The zero-order chi connectivity index (χ0) is 18.9. The number of aliphatic hydroxyl groups is 1. The lowest BCUT2D eigenvalue weighted by Gasteiger charge is -2.19. The molecule has 5 N–H and O–H groups in total. The molecule has 9 nitrogen and oxygen atoms in total. The number of aliphatic hydroxyl groups excluding tert-OH is 1. The van der Waals surface area contributed by atoms with E-state index in [1.54, 1.807) is 0 Å². The number of carboxylic acid groups (broad SMARTS) is 1. The zero-order valence-electron chi connectivity index (χ0n) is 13.5. The monoisotopic (exact) mass is 375 g/mol. The quantitative estimate of drug-likeness (QED) is 0.235. The van der Waals surface area contributed by atoms with Crippen molar-refractivity contribution >= 4 is 13.8 Å². The van der Waals surface area contributed by atoms with Crippen LogP contribution in [-0.2, 0) is 25.0 Å². The Hall–Kier alpha value is -1.74. The largest absolute Gasteiger partial charge is 0.527 e. The maximum Gasteiger partial charge on any atom is 0.527 e. The van der Waals surface area contributed by atoms with Gasteiger partial charge in [-0.2, -0.15) is 0 Å². The Morgan fingerprint density at radius 2 is 2.00 bits per heavy atom. The third kappa shape index (κ3) is 8.26. The van der Waals surface area contributed by atoms with Crippen molar-refractivity contribution in [1.82, 2.24) is 0 Å². The van der Waals surface area contributed by atoms with E-state index in [-0.39, 0.29) is 25.4 Å². The van der Waals surface area contributed by atoms with E-state index >= 15 is 0 Å². The average Bonchev–Trinajstić information content (AvgIpc) is 2.55. The molecule has 1 aromatic rings. The summed E-state index contributed by atoms with van der Waals surface area (Å²) in [5, 5.41) is 17.9. The summed E-state index contributed by atoms with van der Waals surface area (Å²) >= 11 is 0. The third-order valence-corrected chi connectivity index (χ3v) is 3.95. The standard InChI is InChI=1S/C15H22NO8P/c1-2-7-22-10-13(9-17)24-25(20,21)23-12-5-3-11(4-6-12)8-14(16)15(18)19/h2-6,13-14,17H,1,7-10,16H2,(H,18,19)(H,20,21)/t13-,14-/m0/s1. The number of rotatable bonds is 12. The van der Waals surface area contributed by atoms with Gasteiger partial charge in [-0.15, -0.1) is 6.58 Å². The second kappa shape index (κ2) is 10.3. The van der Waals surface area contributed by atoms with Crippen LogP contribution in [0, 0.1) is 0 Å². The molecular weight excluding hydrogens is 353 g/mol. The molecule has 0 radical (unpaired) electrons. The number of phosphoric ester groups is 1. The fourth-order valence-electron chi connectivity index (χ4n) is 1.77. The van der Waals surface area contributed by atoms with Gasteiger partial charge in [0.1, 0.15) is 17.9 Å². The van der Waals surface area contributed by atoms with Crippen molar-refractivity contribution in [1.29, 1.82) is 0 Å². The zero-order valence-corrected chi connectivity index (χ0v) is 14.4. The van der Waals surface area contributed by atoms with E-state index < -0.39 is 32.5 Å². The Labute approximate surface area is 145 Å². The SMILES string of the molecule is C=CCOC[C@H](CO)OP(=O)(O)Oc1ccc(C[C@H](N)C(=O)O)cc1. The maximum atomic E-state index is 12.0. The van der Waals surface area contributed by atoms with E-state index in [0.29, 0.717) is 5.56 Å². The number of ether oxygens (including phenoxy) is 1. The fourth-order valence-corrected chi connectivity index (χ4v) is 2.71. The molecule has 0 heterocycles. The van der Waals surface area contributed by atoms with Gasteiger partial charge in [0.2, 0.25) is 0 Å². The minimum absolute atomic E-state index is 0.0437. The first-order valence-electron chi connectivity index (χ1n) is 7.35. The summed E-state index contributed by atoms with van der Waals surface area (Å²) in [6, 6.07) is 4.78. The predicted molar refractivity (Wildman–Crippen MR) is 89.2 cm³/mol. The van der Waals surface area contributed by atoms with Crippen molar-refractivity contribution in [3.05, 3.63) is 42.5 Å². The molecule has 0 aromatic heterocycles. The van der Waals surface area contributed by atoms with Crippen molar-refractivity contribution < 1.29 is 38.3 Å².